The lowest BCUT2D eigenvalue weighted by molar-refractivity contribution is -0.138. The SMILES string of the molecule is CCCCCC(CC(=O)O)NC(=O)C(CS)CC(=O)CCC(N)OC=O. The first-order chi connectivity index (χ1) is 12.3. The van der Waals surface area contributed by atoms with Crippen molar-refractivity contribution < 1.29 is 29.0 Å². The minimum Gasteiger partial charge on any atom is -0.481 e. The standard InChI is InChI=1S/C17H30N2O6S/c1-2-3-4-5-13(9-16(22)23)19-17(24)12(10-26)8-14(21)6-7-15(18)25-11-20/h11-13,15,26H,2-10,18H2,1H3,(H,19,24)(H,22,23). The fraction of sp³-hybridized carbons (Fsp3) is 0.765. The number of carboxylic acids is 1. The van der Waals surface area contributed by atoms with E-state index < -0.39 is 24.2 Å². The number of hydrogen-bond acceptors (Lipinski definition) is 7. The van der Waals surface area contributed by atoms with Gasteiger partial charge >= 0.3 is 5.97 Å². The van der Waals surface area contributed by atoms with E-state index in [2.05, 4.69) is 22.7 Å². The molecule has 0 rings (SSSR count). The van der Waals surface area contributed by atoms with Crippen molar-refractivity contribution >= 4 is 36.8 Å². The Morgan fingerprint density at radius 2 is 1.92 bits per heavy atom. The number of hydrogen-bond donors (Lipinski definition) is 4. The number of carboxylic acid groups (broad SMARTS) is 1. The van der Waals surface area contributed by atoms with Crippen molar-refractivity contribution in [3.8, 4) is 0 Å². The van der Waals surface area contributed by atoms with Gasteiger partial charge in [-0.3, -0.25) is 24.9 Å². The van der Waals surface area contributed by atoms with E-state index >= 15 is 0 Å². The lowest BCUT2D eigenvalue weighted by atomic mass is 9.99. The van der Waals surface area contributed by atoms with Gasteiger partial charge in [-0.15, -0.1) is 0 Å². The lowest BCUT2D eigenvalue weighted by Crippen LogP contribution is -2.41. The highest BCUT2D eigenvalue weighted by molar-refractivity contribution is 7.80. The monoisotopic (exact) mass is 390 g/mol. The molecule has 9 heteroatoms. The third-order valence-electron chi connectivity index (χ3n) is 3.93. The molecular formula is C17H30N2O6S. The van der Waals surface area contributed by atoms with Crippen molar-refractivity contribution in [2.75, 3.05) is 5.75 Å². The number of thiol groups is 1. The number of nitrogens with one attached hydrogen (secondary N) is 1. The van der Waals surface area contributed by atoms with E-state index in [4.69, 9.17) is 10.8 Å². The Morgan fingerprint density at radius 1 is 1.23 bits per heavy atom. The first-order valence-electron chi connectivity index (χ1n) is 8.83. The van der Waals surface area contributed by atoms with Gasteiger partial charge in [0, 0.05) is 31.1 Å². The van der Waals surface area contributed by atoms with Crippen LogP contribution in [0.3, 0.4) is 0 Å². The predicted molar refractivity (Wildman–Crippen MR) is 99.7 cm³/mol. The number of aliphatic carboxylic acids is 1. The summed E-state index contributed by atoms with van der Waals surface area (Å²) in [5, 5.41) is 11.7. The second kappa shape index (κ2) is 14.5. The molecule has 8 nitrogen and oxygen atoms in total. The van der Waals surface area contributed by atoms with Crippen molar-refractivity contribution in [1.82, 2.24) is 5.32 Å². The third kappa shape index (κ3) is 11.9. The van der Waals surface area contributed by atoms with E-state index in [9.17, 15) is 19.2 Å². The molecule has 4 N–H and O–H groups in total. The third-order valence-corrected chi connectivity index (χ3v) is 4.37. The summed E-state index contributed by atoms with van der Waals surface area (Å²) in [6, 6.07) is -0.460. The van der Waals surface area contributed by atoms with Crippen LogP contribution in [0.25, 0.3) is 0 Å². The number of unbranched alkanes of at least 4 members (excludes halogenated alkanes) is 2. The number of ether oxygens (including phenoxy) is 1. The van der Waals surface area contributed by atoms with Crippen molar-refractivity contribution in [1.29, 1.82) is 0 Å². The average molecular weight is 391 g/mol. The van der Waals surface area contributed by atoms with Crippen LogP contribution in [0.2, 0.25) is 0 Å². The minimum atomic E-state index is -0.977. The van der Waals surface area contributed by atoms with Gasteiger partial charge in [0.1, 0.15) is 5.78 Å². The van der Waals surface area contributed by atoms with Crippen LogP contribution in [0.1, 0.15) is 58.3 Å². The Balaban J connectivity index is 4.54. The van der Waals surface area contributed by atoms with E-state index in [-0.39, 0.29) is 49.6 Å². The molecule has 0 spiro atoms. The second-order valence-corrected chi connectivity index (χ2v) is 6.60. The lowest BCUT2D eigenvalue weighted by Gasteiger charge is -2.21. The number of Topliss-reactive ketones (excluding diaryl/α,β-unsaturated/α-hetero) is 1. The van der Waals surface area contributed by atoms with Crippen LogP contribution in [0, 0.1) is 5.92 Å². The highest BCUT2D eigenvalue weighted by Crippen LogP contribution is 2.13. The number of carbonyl (C=O) groups is 4. The molecule has 1 amide bonds. The summed E-state index contributed by atoms with van der Waals surface area (Å²) in [7, 11) is 0. The normalized spacial score (nSPS) is 14.1. The molecular weight excluding hydrogens is 360 g/mol. The predicted octanol–water partition coefficient (Wildman–Crippen LogP) is 1.27. The Kier molecular flexibility index (Phi) is 13.6. The van der Waals surface area contributed by atoms with E-state index in [1.807, 2.05) is 6.92 Å². The molecule has 0 aliphatic heterocycles. The summed E-state index contributed by atoms with van der Waals surface area (Å²) in [5.74, 6) is -2.01. The summed E-state index contributed by atoms with van der Waals surface area (Å²) in [5.41, 5.74) is 5.47. The van der Waals surface area contributed by atoms with E-state index in [0.717, 1.165) is 19.3 Å². The van der Waals surface area contributed by atoms with Crippen LogP contribution in [0.15, 0.2) is 0 Å². The van der Waals surface area contributed by atoms with Crippen molar-refractivity contribution in [2.45, 2.75) is 70.6 Å². The summed E-state index contributed by atoms with van der Waals surface area (Å²) < 4.78 is 4.50. The topological polar surface area (TPSA) is 136 Å². The molecule has 3 atom stereocenters. The smallest absolute Gasteiger partial charge is 0.305 e. The number of ketones is 1. The average Bonchev–Trinajstić information content (AvgIpc) is 2.57. The molecule has 0 aromatic heterocycles. The zero-order chi connectivity index (χ0) is 19.9. The Labute approximate surface area is 159 Å². The minimum absolute atomic E-state index is 0.0160. The van der Waals surface area contributed by atoms with Crippen LogP contribution in [0.5, 0.6) is 0 Å². The van der Waals surface area contributed by atoms with Crippen LogP contribution >= 0.6 is 12.6 Å². The number of nitrogens with two attached hydrogens (primary N) is 1. The van der Waals surface area contributed by atoms with Crippen LogP contribution < -0.4 is 11.1 Å². The maximum Gasteiger partial charge on any atom is 0.305 e. The summed E-state index contributed by atoms with van der Waals surface area (Å²) in [4.78, 5) is 45.5. The molecule has 0 radical (unpaired) electrons. The van der Waals surface area contributed by atoms with Gasteiger partial charge in [-0.2, -0.15) is 12.6 Å². The zero-order valence-electron chi connectivity index (χ0n) is 15.2. The van der Waals surface area contributed by atoms with E-state index in [1.54, 1.807) is 0 Å². The van der Waals surface area contributed by atoms with E-state index in [0.29, 0.717) is 6.42 Å². The maximum absolute atomic E-state index is 12.4. The van der Waals surface area contributed by atoms with Crippen LogP contribution in [-0.2, 0) is 23.9 Å². The fourth-order valence-electron chi connectivity index (χ4n) is 2.46. The van der Waals surface area contributed by atoms with Gasteiger partial charge in [0.15, 0.2) is 6.23 Å². The number of amides is 1. The molecule has 150 valence electrons. The summed E-state index contributed by atoms with van der Waals surface area (Å²) in [6.45, 7) is 2.26. The van der Waals surface area contributed by atoms with Gasteiger partial charge in [0.25, 0.3) is 6.47 Å². The molecule has 0 saturated heterocycles. The van der Waals surface area contributed by atoms with Crippen molar-refractivity contribution in [2.24, 2.45) is 11.7 Å². The highest BCUT2D eigenvalue weighted by atomic mass is 32.1. The van der Waals surface area contributed by atoms with Gasteiger partial charge in [-0.25, -0.2) is 0 Å². The van der Waals surface area contributed by atoms with Gasteiger partial charge in [-0.05, 0) is 6.42 Å². The van der Waals surface area contributed by atoms with Crippen molar-refractivity contribution in [3.63, 3.8) is 0 Å². The Hall–Kier alpha value is -1.61. The molecule has 0 heterocycles. The molecule has 0 aliphatic carbocycles. The van der Waals surface area contributed by atoms with Gasteiger partial charge < -0.3 is 15.2 Å². The largest absolute Gasteiger partial charge is 0.481 e. The Morgan fingerprint density at radius 3 is 2.46 bits per heavy atom. The zero-order valence-corrected chi connectivity index (χ0v) is 16.1. The molecule has 0 aromatic carbocycles. The van der Waals surface area contributed by atoms with Crippen molar-refractivity contribution in [3.05, 3.63) is 0 Å². The van der Waals surface area contributed by atoms with E-state index in [1.165, 1.54) is 0 Å². The quantitative estimate of drug-likeness (QED) is 0.135. The van der Waals surface area contributed by atoms with Gasteiger partial charge in [0.2, 0.25) is 5.91 Å². The summed E-state index contributed by atoms with van der Waals surface area (Å²) >= 11 is 4.12. The van der Waals surface area contributed by atoms with Crippen LogP contribution in [-0.4, -0.2) is 47.3 Å². The molecule has 26 heavy (non-hydrogen) atoms. The van der Waals surface area contributed by atoms with Gasteiger partial charge in [0.05, 0.1) is 12.3 Å². The number of rotatable bonds is 16. The Bertz CT molecular complexity index is 461. The fourth-order valence-corrected chi connectivity index (χ4v) is 2.75. The maximum atomic E-state index is 12.4. The molecule has 0 aromatic rings. The van der Waals surface area contributed by atoms with Crippen LogP contribution in [0.4, 0.5) is 0 Å². The highest BCUT2D eigenvalue weighted by Gasteiger charge is 2.24. The molecule has 0 saturated carbocycles. The first kappa shape index (κ1) is 24.4. The molecule has 0 bridgehead atoms. The first-order valence-corrected chi connectivity index (χ1v) is 9.46. The number of carbonyl (C=O) groups excluding carboxylic acids is 3. The molecule has 0 fully saturated rings. The van der Waals surface area contributed by atoms with Gasteiger partial charge in [-0.1, -0.05) is 26.2 Å². The second-order valence-electron chi connectivity index (χ2n) is 6.23. The summed E-state index contributed by atoms with van der Waals surface area (Å²) in [6.07, 6.45) is 2.61. The molecule has 3 unspecified atom stereocenters. The molecule has 0 aliphatic rings.